The van der Waals surface area contributed by atoms with Gasteiger partial charge >= 0.3 is 5.97 Å². The summed E-state index contributed by atoms with van der Waals surface area (Å²) in [5, 5.41) is 14.4. The van der Waals surface area contributed by atoms with E-state index in [1.165, 1.54) is 29.3 Å². The van der Waals surface area contributed by atoms with Gasteiger partial charge < -0.3 is 10.4 Å². The van der Waals surface area contributed by atoms with Crippen molar-refractivity contribution in [3.63, 3.8) is 0 Å². The number of rotatable bonds is 5. The van der Waals surface area contributed by atoms with Crippen LogP contribution in [0.15, 0.2) is 78.9 Å². The van der Waals surface area contributed by atoms with Crippen LogP contribution in [-0.4, -0.2) is 23.1 Å². The molecule has 8 heteroatoms. The van der Waals surface area contributed by atoms with Crippen molar-refractivity contribution in [3.8, 4) is 0 Å². The summed E-state index contributed by atoms with van der Waals surface area (Å²) in [5.74, 6) is -3.36. The predicted molar refractivity (Wildman–Crippen MR) is 114 cm³/mol. The topological polar surface area (TPSA) is 78.9 Å². The second kappa shape index (κ2) is 8.75. The molecule has 3 aromatic rings. The molecular formula is C23H18ClFN2O4. The molecule has 0 saturated carbocycles. The number of nitrogens with one attached hydrogen (secondary N) is 1. The van der Waals surface area contributed by atoms with Crippen molar-refractivity contribution >= 4 is 34.9 Å². The number of hydroxylamine groups is 1. The van der Waals surface area contributed by atoms with Gasteiger partial charge in [-0.3, -0.25) is 9.63 Å². The summed E-state index contributed by atoms with van der Waals surface area (Å²) in [6.07, 6.45) is -1.43. The number of aliphatic carboxylic acids is 1. The Morgan fingerprint density at radius 2 is 1.61 bits per heavy atom. The summed E-state index contributed by atoms with van der Waals surface area (Å²) in [6, 6.07) is 20.2. The van der Waals surface area contributed by atoms with Crippen LogP contribution in [0.5, 0.6) is 0 Å². The van der Waals surface area contributed by atoms with Gasteiger partial charge in [0.1, 0.15) is 11.7 Å². The molecule has 0 spiro atoms. The molecule has 1 heterocycles. The number of halogens is 2. The Balaban J connectivity index is 1.75. The van der Waals surface area contributed by atoms with Crippen molar-refractivity contribution in [1.82, 2.24) is 0 Å². The first-order valence-electron chi connectivity index (χ1n) is 9.50. The molecule has 158 valence electrons. The Hall–Kier alpha value is -3.42. The number of benzene rings is 3. The van der Waals surface area contributed by atoms with Crippen LogP contribution in [0.1, 0.15) is 11.6 Å². The zero-order chi connectivity index (χ0) is 22.0. The van der Waals surface area contributed by atoms with Crippen LogP contribution in [-0.2, 0) is 14.4 Å². The van der Waals surface area contributed by atoms with E-state index in [1.807, 2.05) is 6.07 Å². The Bertz CT molecular complexity index is 1080. The standard InChI is InChI=1S/C23H18ClFN2O4/c24-15-8-6-14(7-9-15)20-19(22(28)26-17-12-10-16(25)11-13-17)21(23(29)30)31-27(20)18-4-2-1-3-5-18/h1-13,19-21H,(H,26,28)(H,29,30)/t19-,20-,21-/m1/s1. The fraction of sp³-hybridized carbons (Fsp3) is 0.130. The predicted octanol–water partition coefficient (Wildman–Crippen LogP) is 4.68. The lowest BCUT2D eigenvalue weighted by molar-refractivity contribution is -0.151. The molecule has 2 N–H and O–H groups in total. The van der Waals surface area contributed by atoms with Gasteiger partial charge in [-0.1, -0.05) is 41.9 Å². The third-order valence-electron chi connectivity index (χ3n) is 5.03. The highest BCUT2D eigenvalue weighted by atomic mass is 35.5. The van der Waals surface area contributed by atoms with Crippen molar-refractivity contribution in [2.45, 2.75) is 12.1 Å². The van der Waals surface area contributed by atoms with E-state index >= 15 is 0 Å². The van der Waals surface area contributed by atoms with E-state index < -0.39 is 35.8 Å². The first kappa shape index (κ1) is 20.8. The molecule has 1 amide bonds. The third kappa shape index (κ3) is 4.38. The van der Waals surface area contributed by atoms with Crippen LogP contribution >= 0.6 is 11.6 Å². The lowest BCUT2D eigenvalue weighted by Gasteiger charge is -2.27. The molecule has 3 atom stereocenters. The molecule has 3 aromatic carbocycles. The third-order valence-corrected chi connectivity index (χ3v) is 5.28. The van der Waals surface area contributed by atoms with E-state index in [-0.39, 0.29) is 0 Å². The Labute approximate surface area is 182 Å². The van der Waals surface area contributed by atoms with E-state index in [0.29, 0.717) is 22.0 Å². The van der Waals surface area contributed by atoms with Gasteiger partial charge in [0.25, 0.3) is 0 Å². The molecule has 0 aromatic heterocycles. The van der Waals surface area contributed by atoms with Gasteiger partial charge in [0, 0.05) is 10.7 Å². The number of carbonyl (C=O) groups is 2. The smallest absolute Gasteiger partial charge is 0.336 e. The Morgan fingerprint density at radius 3 is 2.23 bits per heavy atom. The Kier molecular flexibility index (Phi) is 5.88. The maximum atomic E-state index is 13.2. The highest BCUT2D eigenvalue weighted by Gasteiger charge is 2.52. The molecule has 1 saturated heterocycles. The minimum atomic E-state index is -1.43. The number of nitrogens with zero attached hydrogens (tertiary/aromatic N) is 1. The molecule has 0 unspecified atom stereocenters. The van der Waals surface area contributed by atoms with Gasteiger partial charge in [0.2, 0.25) is 5.91 Å². The van der Waals surface area contributed by atoms with Crippen LogP contribution in [0.3, 0.4) is 0 Å². The molecule has 0 bridgehead atoms. The minimum Gasteiger partial charge on any atom is -0.479 e. The van der Waals surface area contributed by atoms with Crippen molar-refractivity contribution in [1.29, 1.82) is 0 Å². The van der Waals surface area contributed by atoms with Crippen molar-refractivity contribution in [3.05, 3.63) is 95.3 Å². The number of hydrogen-bond donors (Lipinski definition) is 2. The second-order valence-corrected chi connectivity index (χ2v) is 7.48. The quantitative estimate of drug-likeness (QED) is 0.602. The van der Waals surface area contributed by atoms with E-state index in [9.17, 15) is 19.1 Å². The van der Waals surface area contributed by atoms with E-state index in [4.69, 9.17) is 16.4 Å². The molecular weight excluding hydrogens is 423 g/mol. The summed E-state index contributed by atoms with van der Waals surface area (Å²) >= 11 is 6.02. The maximum absolute atomic E-state index is 13.2. The first-order chi connectivity index (χ1) is 14.9. The van der Waals surface area contributed by atoms with Crippen LogP contribution < -0.4 is 10.4 Å². The number of hydrogen-bond acceptors (Lipinski definition) is 4. The zero-order valence-corrected chi connectivity index (χ0v) is 16.9. The summed E-state index contributed by atoms with van der Waals surface area (Å²) in [6.45, 7) is 0. The normalized spacial score (nSPS) is 20.5. The Morgan fingerprint density at radius 1 is 0.968 bits per heavy atom. The lowest BCUT2D eigenvalue weighted by Crippen LogP contribution is -2.37. The summed E-state index contributed by atoms with van der Waals surface area (Å²) in [5.41, 5.74) is 1.62. The molecule has 1 fully saturated rings. The average molecular weight is 441 g/mol. The number of para-hydroxylation sites is 1. The van der Waals surface area contributed by atoms with Gasteiger partial charge in [-0.15, -0.1) is 0 Å². The van der Waals surface area contributed by atoms with Crippen LogP contribution in [0.4, 0.5) is 15.8 Å². The number of carbonyl (C=O) groups excluding carboxylic acids is 1. The fourth-order valence-electron chi connectivity index (χ4n) is 3.60. The fourth-order valence-corrected chi connectivity index (χ4v) is 3.73. The maximum Gasteiger partial charge on any atom is 0.336 e. The van der Waals surface area contributed by atoms with E-state index in [2.05, 4.69) is 5.32 Å². The molecule has 31 heavy (non-hydrogen) atoms. The highest BCUT2D eigenvalue weighted by molar-refractivity contribution is 6.30. The molecule has 4 rings (SSSR count). The highest BCUT2D eigenvalue weighted by Crippen LogP contribution is 2.43. The van der Waals surface area contributed by atoms with Gasteiger partial charge in [-0.2, -0.15) is 0 Å². The van der Waals surface area contributed by atoms with Crippen molar-refractivity contribution < 1.29 is 23.9 Å². The second-order valence-electron chi connectivity index (χ2n) is 7.04. The SMILES string of the molecule is O=C(Nc1ccc(F)cc1)[C@@H]1[C@@H](c2ccc(Cl)cc2)N(c2ccccc2)O[C@H]1C(=O)O. The van der Waals surface area contributed by atoms with Crippen molar-refractivity contribution in [2.75, 3.05) is 10.4 Å². The number of carboxylic acids is 1. The number of carboxylic acid groups (broad SMARTS) is 1. The molecule has 0 radical (unpaired) electrons. The largest absolute Gasteiger partial charge is 0.479 e. The zero-order valence-electron chi connectivity index (χ0n) is 16.1. The molecule has 1 aliphatic heterocycles. The summed E-state index contributed by atoms with van der Waals surface area (Å²) < 4.78 is 13.2. The lowest BCUT2D eigenvalue weighted by atomic mass is 9.88. The van der Waals surface area contributed by atoms with E-state index in [1.54, 1.807) is 48.5 Å². The van der Waals surface area contributed by atoms with Crippen molar-refractivity contribution in [2.24, 2.45) is 5.92 Å². The van der Waals surface area contributed by atoms with Gasteiger partial charge in [-0.25, -0.2) is 14.2 Å². The van der Waals surface area contributed by atoms with Crippen LogP contribution in [0, 0.1) is 11.7 Å². The van der Waals surface area contributed by atoms with Crippen LogP contribution in [0.25, 0.3) is 0 Å². The van der Waals surface area contributed by atoms with Crippen LogP contribution in [0.2, 0.25) is 5.02 Å². The number of anilines is 2. The molecule has 6 nitrogen and oxygen atoms in total. The summed E-state index contributed by atoms with van der Waals surface area (Å²) in [4.78, 5) is 31.0. The van der Waals surface area contributed by atoms with Gasteiger partial charge in [0.05, 0.1) is 11.7 Å². The average Bonchev–Trinajstić information content (AvgIpc) is 3.18. The first-order valence-corrected chi connectivity index (χ1v) is 9.87. The minimum absolute atomic E-state index is 0.351. The molecule has 0 aliphatic carbocycles. The molecule has 1 aliphatic rings. The number of amides is 1. The van der Waals surface area contributed by atoms with Gasteiger partial charge in [0.15, 0.2) is 6.10 Å². The van der Waals surface area contributed by atoms with E-state index in [0.717, 1.165) is 0 Å². The monoisotopic (exact) mass is 440 g/mol. The van der Waals surface area contributed by atoms with Gasteiger partial charge in [-0.05, 0) is 54.1 Å². The summed E-state index contributed by atoms with van der Waals surface area (Å²) in [7, 11) is 0.